The van der Waals surface area contributed by atoms with Crippen LogP contribution in [0.1, 0.15) is 36.9 Å². The quantitative estimate of drug-likeness (QED) is 0.939. The second-order valence-corrected chi connectivity index (χ2v) is 6.15. The summed E-state index contributed by atoms with van der Waals surface area (Å²) in [6.45, 7) is 2.22. The van der Waals surface area contributed by atoms with Gasteiger partial charge in [0.2, 0.25) is 11.8 Å². The summed E-state index contributed by atoms with van der Waals surface area (Å²) in [6, 6.07) is 17.4. The Kier molecular flexibility index (Phi) is 4.94. The van der Waals surface area contributed by atoms with Gasteiger partial charge in [-0.15, -0.1) is 0 Å². The van der Waals surface area contributed by atoms with Crippen molar-refractivity contribution >= 4 is 17.5 Å². The fraction of sp³-hybridized carbons (Fsp3) is 0.300. The Hall–Kier alpha value is -2.62. The topological polar surface area (TPSA) is 49.4 Å². The summed E-state index contributed by atoms with van der Waals surface area (Å²) in [5, 5.41) is 2.90. The van der Waals surface area contributed by atoms with Crippen LogP contribution in [0.15, 0.2) is 54.6 Å². The predicted molar refractivity (Wildman–Crippen MR) is 94.7 cm³/mol. The highest BCUT2D eigenvalue weighted by atomic mass is 16.2. The normalized spacial score (nSPS) is 14.6. The molecule has 2 aromatic carbocycles. The van der Waals surface area contributed by atoms with Gasteiger partial charge in [0.15, 0.2) is 0 Å². The summed E-state index contributed by atoms with van der Waals surface area (Å²) >= 11 is 0. The number of anilines is 1. The molecular weight excluding hydrogens is 300 g/mol. The van der Waals surface area contributed by atoms with Crippen molar-refractivity contribution in [2.45, 2.75) is 32.2 Å². The zero-order valence-corrected chi connectivity index (χ0v) is 13.9. The van der Waals surface area contributed by atoms with Gasteiger partial charge in [0, 0.05) is 19.2 Å². The average molecular weight is 322 g/mol. The summed E-state index contributed by atoms with van der Waals surface area (Å²) in [5.74, 6) is -0.0829. The number of para-hydroxylation sites is 1. The summed E-state index contributed by atoms with van der Waals surface area (Å²) in [5.41, 5.74) is 3.17. The number of nitrogens with zero attached hydrogens (tertiary/aromatic N) is 1. The van der Waals surface area contributed by atoms with Crippen molar-refractivity contribution < 1.29 is 9.59 Å². The first-order valence-corrected chi connectivity index (χ1v) is 8.35. The molecular formula is C20H22N2O2. The van der Waals surface area contributed by atoms with Crippen LogP contribution in [-0.4, -0.2) is 18.4 Å². The number of carbonyl (C=O) groups excluding carboxylic acids is 2. The fourth-order valence-corrected chi connectivity index (χ4v) is 3.26. The number of carbonyl (C=O) groups is 2. The number of hydrogen-bond acceptors (Lipinski definition) is 2. The lowest BCUT2D eigenvalue weighted by molar-refractivity contribution is -0.121. The molecule has 3 rings (SSSR count). The van der Waals surface area contributed by atoms with E-state index < -0.39 is 0 Å². The molecule has 1 aliphatic rings. The van der Waals surface area contributed by atoms with Gasteiger partial charge in [-0.1, -0.05) is 48.5 Å². The van der Waals surface area contributed by atoms with E-state index in [0.717, 1.165) is 30.6 Å². The van der Waals surface area contributed by atoms with Gasteiger partial charge < -0.3 is 10.2 Å². The molecule has 1 N–H and O–H groups in total. The van der Waals surface area contributed by atoms with E-state index in [1.807, 2.05) is 53.4 Å². The van der Waals surface area contributed by atoms with Gasteiger partial charge in [-0.2, -0.15) is 0 Å². The van der Waals surface area contributed by atoms with E-state index in [1.54, 1.807) is 0 Å². The molecule has 1 atom stereocenters. The molecule has 124 valence electrons. The van der Waals surface area contributed by atoms with Crippen LogP contribution in [0.25, 0.3) is 0 Å². The molecule has 0 fully saturated rings. The van der Waals surface area contributed by atoms with Gasteiger partial charge in [0.25, 0.3) is 0 Å². The second-order valence-electron chi connectivity index (χ2n) is 6.15. The van der Waals surface area contributed by atoms with Gasteiger partial charge in [-0.3, -0.25) is 9.59 Å². The standard InChI is InChI=1S/C20H22N2O2/c1-15(23)21-18(16-8-3-2-4-9-16)14-20(24)22-13-7-11-17-10-5-6-12-19(17)22/h2-6,8-10,12,18H,7,11,13-14H2,1H3,(H,21,23)/t18-/m0/s1. The lowest BCUT2D eigenvalue weighted by Crippen LogP contribution is -2.38. The Morgan fingerprint density at radius 2 is 1.79 bits per heavy atom. The molecule has 1 aliphatic heterocycles. The van der Waals surface area contributed by atoms with E-state index in [-0.39, 0.29) is 24.3 Å². The Bertz CT molecular complexity index is 727. The van der Waals surface area contributed by atoms with Crippen LogP contribution < -0.4 is 10.2 Å². The summed E-state index contributed by atoms with van der Waals surface area (Å²) in [6.07, 6.45) is 2.24. The van der Waals surface area contributed by atoms with Gasteiger partial charge in [-0.05, 0) is 30.0 Å². The maximum absolute atomic E-state index is 12.9. The van der Waals surface area contributed by atoms with E-state index in [1.165, 1.54) is 12.5 Å². The molecule has 0 unspecified atom stereocenters. The minimum atomic E-state index is -0.301. The van der Waals surface area contributed by atoms with E-state index in [9.17, 15) is 9.59 Å². The lowest BCUT2D eigenvalue weighted by atomic mass is 9.99. The third-order valence-electron chi connectivity index (χ3n) is 4.37. The SMILES string of the molecule is CC(=O)N[C@@H](CC(=O)N1CCCc2ccccc21)c1ccccc1. The molecule has 0 radical (unpaired) electrons. The highest BCUT2D eigenvalue weighted by Crippen LogP contribution is 2.28. The van der Waals surface area contributed by atoms with Crippen LogP contribution in [0, 0.1) is 0 Å². The molecule has 2 aromatic rings. The smallest absolute Gasteiger partial charge is 0.229 e. The van der Waals surface area contributed by atoms with Gasteiger partial charge in [0.1, 0.15) is 0 Å². The van der Waals surface area contributed by atoms with Crippen molar-refractivity contribution in [2.75, 3.05) is 11.4 Å². The van der Waals surface area contributed by atoms with Crippen molar-refractivity contribution in [3.05, 3.63) is 65.7 Å². The summed E-state index contributed by atoms with van der Waals surface area (Å²) < 4.78 is 0. The van der Waals surface area contributed by atoms with Crippen molar-refractivity contribution in [3.63, 3.8) is 0 Å². The third-order valence-corrected chi connectivity index (χ3v) is 4.37. The molecule has 0 saturated heterocycles. The Morgan fingerprint density at radius 3 is 2.54 bits per heavy atom. The van der Waals surface area contributed by atoms with Crippen LogP contribution in [0.5, 0.6) is 0 Å². The molecule has 24 heavy (non-hydrogen) atoms. The number of rotatable bonds is 4. The van der Waals surface area contributed by atoms with Crippen molar-refractivity contribution in [3.8, 4) is 0 Å². The minimum absolute atomic E-state index is 0.0461. The van der Waals surface area contributed by atoms with Gasteiger partial charge >= 0.3 is 0 Å². The number of nitrogens with one attached hydrogen (secondary N) is 1. The number of fused-ring (bicyclic) bond motifs is 1. The number of amides is 2. The number of hydrogen-bond donors (Lipinski definition) is 1. The molecule has 0 spiro atoms. The summed E-state index contributed by atoms with van der Waals surface area (Å²) in [4.78, 5) is 26.3. The first-order chi connectivity index (χ1) is 11.6. The Balaban J connectivity index is 1.80. The van der Waals surface area contributed by atoms with E-state index >= 15 is 0 Å². The van der Waals surface area contributed by atoms with E-state index in [0.29, 0.717) is 0 Å². The predicted octanol–water partition coefficient (Wildman–Crippen LogP) is 3.23. The molecule has 2 amide bonds. The summed E-state index contributed by atoms with van der Waals surface area (Å²) in [7, 11) is 0. The van der Waals surface area contributed by atoms with Crippen LogP contribution in [0.3, 0.4) is 0 Å². The van der Waals surface area contributed by atoms with Crippen LogP contribution >= 0.6 is 0 Å². The lowest BCUT2D eigenvalue weighted by Gasteiger charge is -2.31. The molecule has 0 aromatic heterocycles. The number of aryl methyl sites for hydroxylation is 1. The van der Waals surface area contributed by atoms with Crippen molar-refractivity contribution in [1.29, 1.82) is 0 Å². The van der Waals surface area contributed by atoms with E-state index in [4.69, 9.17) is 0 Å². The zero-order valence-electron chi connectivity index (χ0n) is 13.9. The third kappa shape index (κ3) is 3.65. The maximum atomic E-state index is 12.9. The highest BCUT2D eigenvalue weighted by Gasteiger charge is 2.25. The molecule has 4 nitrogen and oxygen atoms in total. The fourth-order valence-electron chi connectivity index (χ4n) is 3.26. The largest absolute Gasteiger partial charge is 0.349 e. The highest BCUT2D eigenvalue weighted by molar-refractivity contribution is 5.95. The Morgan fingerprint density at radius 1 is 1.08 bits per heavy atom. The van der Waals surface area contributed by atoms with E-state index in [2.05, 4.69) is 11.4 Å². The number of benzene rings is 2. The first kappa shape index (κ1) is 16.2. The van der Waals surface area contributed by atoms with Crippen molar-refractivity contribution in [1.82, 2.24) is 5.32 Å². The molecule has 4 heteroatoms. The molecule has 0 aliphatic carbocycles. The monoisotopic (exact) mass is 322 g/mol. The molecule has 0 saturated carbocycles. The van der Waals surface area contributed by atoms with Crippen LogP contribution in [0.2, 0.25) is 0 Å². The zero-order chi connectivity index (χ0) is 16.9. The molecule has 0 bridgehead atoms. The Labute approximate surface area is 142 Å². The van der Waals surface area contributed by atoms with Gasteiger partial charge in [0.05, 0.1) is 12.5 Å². The minimum Gasteiger partial charge on any atom is -0.349 e. The maximum Gasteiger partial charge on any atom is 0.229 e. The average Bonchev–Trinajstić information content (AvgIpc) is 2.61. The van der Waals surface area contributed by atoms with Crippen molar-refractivity contribution in [2.24, 2.45) is 0 Å². The van der Waals surface area contributed by atoms with Crippen LogP contribution in [-0.2, 0) is 16.0 Å². The second kappa shape index (κ2) is 7.30. The van der Waals surface area contributed by atoms with Gasteiger partial charge in [-0.25, -0.2) is 0 Å². The first-order valence-electron chi connectivity index (χ1n) is 8.35. The molecule has 1 heterocycles. The van der Waals surface area contributed by atoms with Crippen LogP contribution in [0.4, 0.5) is 5.69 Å².